The molecule has 0 aromatic carbocycles. The van der Waals surface area contributed by atoms with Gasteiger partial charge in [-0.1, -0.05) is 0 Å². The maximum atomic E-state index is 12.2. The lowest BCUT2D eigenvalue weighted by Gasteiger charge is -2.15. The number of aromatic nitrogens is 2. The van der Waals surface area contributed by atoms with E-state index in [-0.39, 0.29) is 11.9 Å². The highest BCUT2D eigenvalue weighted by Crippen LogP contribution is 2.14. The van der Waals surface area contributed by atoms with E-state index in [1.807, 2.05) is 27.6 Å². The van der Waals surface area contributed by atoms with Gasteiger partial charge in [0, 0.05) is 30.9 Å². The summed E-state index contributed by atoms with van der Waals surface area (Å²) in [4.78, 5) is 18.0. The van der Waals surface area contributed by atoms with Crippen LogP contribution in [0.3, 0.4) is 0 Å². The molecule has 3 rings (SSSR count). The lowest BCUT2D eigenvalue weighted by molar-refractivity contribution is 0.0791. The Bertz CT molecular complexity index is 562. The van der Waals surface area contributed by atoms with Gasteiger partial charge in [-0.2, -0.15) is 0 Å². The molecule has 3 heterocycles. The van der Waals surface area contributed by atoms with Crippen LogP contribution in [0.15, 0.2) is 30.9 Å². The van der Waals surface area contributed by atoms with E-state index >= 15 is 0 Å². The normalized spacial score (nSPS) is 20.1. The number of nitrogens with zero attached hydrogens (tertiary/aromatic N) is 3. The van der Waals surface area contributed by atoms with Crippen LogP contribution in [0.1, 0.15) is 16.8 Å². The molecule has 0 bridgehead atoms. The number of carbonyl (C=O) groups is 1. The molecule has 5 heteroatoms. The van der Waals surface area contributed by atoms with Crippen molar-refractivity contribution in [2.45, 2.75) is 12.5 Å². The van der Waals surface area contributed by atoms with Gasteiger partial charge in [-0.25, -0.2) is 4.98 Å². The highest BCUT2D eigenvalue weighted by molar-refractivity contribution is 5.95. The molecule has 1 aliphatic rings. The molecule has 2 aromatic rings. The predicted molar refractivity (Wildman–Crippen MR) is 63.7 cm³/mol. The minimum Gasteiger partial charge on any atom is -0.337 e. The highest BCUT2D eigenvalue weighted by atomic mass is 16.2. The molecule has 0 radical (unpaired) electrons. The van der Waals surface area contributed by atoms with Crippen molar-refractivity contribution in [3.05, 3.63) is 36.4 Å². The monoisotopic (exact) mass is 230 g/mol. The molecular formula is C12H14N4O. The van der Waals surface area contributed by atoms with E-state index in [1.54, 1.807) is 12.5 Å². The maximum Gasteiger partial charge on any atom is 0.254 e. The van der Waals surface area contributed by atoms with Gasteiger partial charge < -0.3 is 15.0 Å². The average Bonchev–Trinajstić information content (AvgIpc) is 2.95. The largest absolute Gasteiger partial charge is 0.337 e. The van der Waals surface area contributed by atoms with E-state index in [1.165, 1.54) is 0 Å². The van der Waals surface area contributed by atoms with Crippen LogP contribution in [0.5, 0.6) is 0 Å². The second-order valence-electron chi connectivity index (χ2n) is 4.44. The molecule has 1 saturated heterocycles. The van der Waals surface area contributed by atoms with Crippen molar-refractivity contribution >= 4 is 11.4 Å². The summed E-state index contributed by atoms with van der Waals surface area (Å²) in [5.41, 5.74) is 7.44. The third kappa shape index (κ3) is 1.78. The Morgan fingerprint density at radius 3 is 3.18 bits per heavy atom. The number of hydrogen-bond acceptors (Lipinski definition) is 3. The van der Waals surface area contributed by atoms with Crippen LogP contribution in [-0.4, -0.2) is 39.3 Å². The highest BCUT2D eigenvalue weighted by Gasteiger charge is 2.24. The van der Waals surface area contributed by atoms with Crippen molar-refractivity contribution in [3.8, 4) is 0 Å². The number of hydrogen-bond donors (Lipinski definition) is 1. The molecule has 1 aliphatic heterocycles. The van der Waals surface area contributed by atoms with Gasteiger partial charge in [-0.3, -0.25) is 4.79 Å². The number of rotatable bonds is 1. The molecule has 2 aromatic heterocycles. The molecule has 0 spiro atoms. The van der Waals surface area contributed by atoms with Gasteiger partial charge in [0.1, 0.15) is 0 Å². The quantitative estimate of drug-likeness (QED) is 0.776. The Labute approximate surface area is 98.8 Å². The van der Waals surface area contributed by atoms with Crippen molar-refractivity contribution in [2.75, 3.05) is 13.1 Å². The van der Waals surface area contributed by atoms with Crippen LogP contribution >= 0.6 is 0 Å². The first-order chi connectivity index (χ1) is 8.24. The average molecular weight is 230 g/mol. The fourth-order valence-electron chi connectivity index (χ4n) is 2.21. The summed E-state index contributed by atoms with van der Waals surface area (Å²) in [5, 5.41) is 0. The molecule has 1 unspecified atom stereocenters. The van der Waals surface area contributed by atoms with E-state index in [9.17, 15) is 4.79 Å². The van der Waals surface area contributed by atoms with Crippen LogP contribution in [0.25, 0.3) is 5.52 Å². The fourth-order valence-corrected chi connectivity index (χ4v) is 2.21. The van der Waals surface area contributed by atoms with Crippen molar-refractivity contribution in [1.29, 1.82) is 0 Å². The topological polar surface area (TPSA) is 63.6 Å². The summed E-state index contributed by atoms with van der Waals surface area (Å²) in [6, 6.07) is 3.80. The SMILES string of the molecule is NC1CCN(C(=O)c2ccn3cncc3c2)C1. The minimum atomic E-state index is 0.0571. The Hall–Kier alpha value is -1.88. The van der Waals surface area contributed by atoms with E-state index in [4.69, 9.17) is 5.73 Å². The Kier molecular flexibility index (Phi) is 2.33. The zero-order valence-electron chi connectivity index (χ0n) is 9.41. The van der Waals surface area contributed by atoms with E-state index in [0.717, 1.165) is 18.5 Å². The summed E-state index contributed by atoms with van der Waals surface area (Å²) >= 11 is 0. The number of pyridine rings is 1. The number of likely N-dealkylation sites (tertiary alicyclic amines) is 1. The van der Waals surface area contributed by atoms with Gasteiger partial charge in [0.15, 0.2) is 0 Å². The van der Waals surface area contributed by atoms with Crippen LogP contribution in [0, 0.1) is 0 Å². The zero-order chi connectivity index (χ0) is 11.8. The van der Waals surface area contributed by atoms with Gasteiger partial charge in [0.05, 0.1) is 18.0 Å². The molecule has 1 atom stereocenters. The van der Waals surface area contributed by atoms with Crippen molar-refractivity contribution in [1.82, 2.24) is 14.3 Å². The number of nitrogens with two attached hydrogens (primary N) is 1. The first-order valence-corrected chi connectivity index (χ1v) is 5.70. The fraction of sp³-hybridized carbons (Fsp3) is 0.333. The van der Waals surface area contributed by atoms with Gasteiger partial charge >= 0.3 is 0 Å². The molecule has 17 heavy (non-hydrogen) atoms. The van der Waals surface area contributed by atoms with Gasteiger partial charge in [-0.05, 0) is 18.6 Å². The molecule has 1 fully saturated rings. The van der Waals surface area contributed by atoms with Gasteiger partial charge in [0.2, 0.25) is 0 Å². The zero-order valence-corrected chi connectivity index (χ0v) is 9.41. The third-order valence-electron chi connectivity index (χ3n) is 3.17. The van der Waals surface area contributed by atoms with E-state index in [0.29, 0.717) is 12.1 Å². The third-order valence-corrected chi connectivity index (χ3v) is 3.17. The lowest BCUT2D eigenvalue weighted by Crippen LogP contribution is -2.31. The Morgan fingerprint density at radius 1 is 1.53 bits per heavy atom. The summed E-state index contributed by atoms with van der Waals surface area (Å²) in [6.45, 7) is 1.41. The summed E-state index contributed by atoms with van der Waals surface area (Å²) < 4.78 is 1.88. The number of fused-ring (bicyclic) bond motifs is 1. The molecular weight excluding hydrogens is 216 g/mol. The van der Waals surface area contributed by atoms with Crippen LogP contribution in [-0.2, 0) is 0 Å². The first kappa shape index (κ1) is 10.3. The smallest absolute Gasteiger partial charge is 0.254 e. The molecule has 0 saturated carbocycles. The number of imidazole rings is 1. The molecule has 2 N–H and O–H groups in total. The van der Waals surface area contributed by atoms with Crippen LogP contribution < -0.4 is 5.73 Å². The first-order valence-electron chi connectivity index (χ1n) is 5.70. The lowest BCUT2D eigenvalue weighted by atomic mass is 10.2. The summed E-state index contributed by atoms with van der Waals surface area (Å²) in [6.07, 6.45) is 6.20. The minimum absolute atomic E-state index is 0.0571. The Balaban J connectivity index is 1.89. The van der Waals surface area contributed by atoms with Crippen LogP contribution in [0.2, 0.25) is 0 Å². The summed E-state index contributed by atoms with van der Waals surface area (Å²) in [5.74, 6) is 0.0571. The Morgan fingerprint density at radius 2 is 2.41 bits per heavy atom. The van der Waals surface area contributed by atoms with Crippen molar-refractivity contribution in [3.63, 3.8) is 0 Å². The number of amides is 1. The van der Waals surface area contributed by atoms with Crippen molar-refractivity contribution < 1.29 is 4.79 Å². The predicted octanol–water partition coefficient (Wildman–Crippen LogP) is 0.507. The summed E-state index contributed by atoms with van der Waals surface area (Å²) in [7, 11) is 0. The second kappa shape index (κ2) is 3.85. The van der Waals surface area contributed by atoms with Gasteiger partial charge in [0.25, 0.3) is 5.91 Å². The standard InChI is InChI=1S/C12H14N4O/c13-10-2-4-15(7-10)12(17)9-1-3-16-8-14-6-11(16)5-9/h1,3,5-6,8,10H,2,4,7,13H2. The molecule has 1 amide bonds. The van der Waals surface area contributed by atoms with Gasteiger partial charge in [-0.15, -0.1) is 0 Å². The van der Waals surface area contributed by atoms with Crippen molar-refractivity contribution in [2.24, 2.45) is 5.73 Å². The maximum absolute atomic E-state index is 12.2. The number of carbonyl (C=O) groups excluding carboxylic acids is 1. The van der Waals surface area contributed by atoms with E-state index in [2.05, 4.69) is 4.98 Å². The van der Waals surface area contributed by atoms with E-state index < -0.39 is 0 Å². The molecule has 5 nitrogen and oxygen atoms in total. The van der Waals surface area contributed by atoms with Crippen LogP contribution in [0.4, 0.5) is 0 Å². The molecule has 88 valence electrons. The molecule has 0 aliphatic carbocycles. The second-order valence-corrected chi connectivity index (χ2v) is 4.44.